The van der Waals surface area contributed by atoms with Crippen LogP contribution in [0.25, 0.3) is 0 Å². The zero-order valence-corrected chi connectivity index (χ0v) is 12.6. The second-order valence-electron chi connectivity index (χ2n) is 4.93. The summed E-state index contributed by atoms with van der Waals surface area (Å²) in [4.78, 5) is 0.351. The van der Waals surface area contributed by atoms with E-state index in [4.69, 9.17) is 5.11 Å². The Kier molecular flexibility index (Phi) is 5.82. The van der Waals surface area contributed by atoms with Crippen molar-refractivity contribution in [2.45, 2.75) is 38.1 Å². The molecule has 1 aromatic carbocycles. The largest absolute Gasteiger partial charge is 0.396 e. The molecule has 0 aromatic heterocycles. The van der Waals surface area contributed by atoms with Gasteiger partial charge in [-0.2, -0.15) is 0 Å². The molecule has 0 radical (unpaired) electrons. The molecule has 0 aliphatic heterocycles. The van der Waals surface area contributed by atoms with Crippen LogP contribution in [-0.2, 0) is 9.84 Å². The Morgan fingerprint density at radius 2 is 1.79 bits per heavy atom. The smallest absolute Gasteiger partial charge is 0.178 e. The van der Waals surface area contributed by atoms with Crippen molar-refractivity contribution in [2.75, 3.05) is 17.7 Å². The molecule has 0 aliphatic carbocycles. The lowest BCUT2D eigenvalue weighted by molar-refractivity contribution is 0.267. The van der Waals surface area contributed by atoms with E-state index in [-0.39, 0.29) is 18.4 Å². The summed E-state index contributed by atoms with van der Waals surface area (Å²) in [5.74, 6) is 0.505. The second-order valence-corrected chi connectivity index (χ2v) is 7.21. The molecule has 0 saturated carbocycles. The van der Waals surface area contributed by atoms with Gasteiger partial charge in [-0.3, -0.25) is 0 Å². The molecule has 1 rings (SSSR count). The molecule has 0 aliphatic rings. The molecule has 19 heavy (non-hydrogen) atoms. The number of hydrogen-bond acceptors (Lipinski definition) is 4. The highest BCUT2D eigenvalue weighted by Crippen LogP contribution is 2.18. The van der Waals surface area contributed by atoms with E-state index in [9.17, 15) is 8.42 Å². The molecule has 0 amide bonds. The van der Waals surface area contributed by atoms with Crippen molar-refractivity contribution in [1.29, 1.82) is 0 Å². The number of rotatable bonds is 7. The average molecular weight is 285 g/mol. The fourth-order valence-electron chi connectivity index (χ4n) is 1.85. The first-order valence-electron chi connectivity index (χ1n) is 6.61. The highest BCUT2D eigenvalue weighted by molar-refractivity contribution is 7.91. The molecule has 4 nitrogen and oxygen atoms in total. The first-order chi connectivity index (χ1) is 8.90. The summed E-state index contributed by atoms with van der Waals surface area (Å²) < 4.78 is 23.4. The Balaban J connectivity index is 2.82. The molecule has 0 saturated heterocycles. The minimum absolute atomic E-state index is 0.110. The third kappa shape index (κ3) is 4.51. The van der Waals surface area contributed by atoms with Crippen molar-refractivity contribution < 1.29 is 13.5 Å². The highest BCUT2D eigenvalue weighted by atomic mass is 32.2. The number of aliphatic hydroxyl groups is 1. The summed E-state index contributed by atoms with van der Waals surface area (Å²) in [7, 11) is -3.14. The summed E-state index contributed by atoms with van der Waals surface area (Å²) in [5, 5.41) is 12.3. The van der Waals surface area contributed by atoms with E-state index in [0.717, 1.165) is 5.69 Å². The summed E-state index contributed by atoms with van der Waals surface area (Å²) in [6.07, 6.45) is 0.673. The summed E-state index contributed by atoms with van der Waals surface area (Å²) in [5.41, 5.74) is 0.877. The van der Waals surface area contributed by atoms with Crippen LogP contribution < -0.4 is 5.32 Å². The van der Waals surface area contributed by atoms with Gasteiger partial charge >= 0.3 is 0 Å². The van der Waals surface area contributed by atoms with E-state index in [0.29, 0.717) is 17.2 Å². The molecule has 108 valence electrons. The summed E-state index contributed by atoms with van der Waals surface area (Å²) in [6, 6.07) is 6.97. The van der Waals surface area contributed by atoms with Crippen LogP contribution in [-0.4, -0.2) is 31.9 Å². The minimum atomic E-state index is -3.14. The molecule has 1 aromatic rings. The van der Waals surface area contributed by atoms with E-state index < -0.39 is 9.84 Å². The van der Waals surface area contributed by atoms with Gasteiger partial charge in [0.1, 0.15) is 0 Å². The predicted molar refractivity (Wildman–Crippen MR) is 78.1 cm³/mol. The van der Waals surface area contributed by atoms with Gasteiger partial charge in [-0.25, -0.2) is 8.42 Å². The lowest BCUT2D eigenvalue weighted by atomic mass is 10.0. The topological polar surface area (TPSA) is 66.4 Å². The molecule has 5 heteroatoms. The predicted octanol–water partition coefficient (Wildman–Crippen LogP) is 2.30. The standard InChI is InChI=1S/C14H23NO3S/c1-4-19(17,18)13-7-5-12(6-8-13)15-14(9-10-16)11(2)3/h5-8,11,14-16H,4,9-10H2,1-3H3. The van der Waals surface area contributed by atoms with Crippen LogP contribution in [0.3, 0.4) is 0 Å². The number of sulfone groups is 1. The van der Waals surface area contributed by atoms with E-state index in [1.807, 2.05) is 0 Å². The van der Waals surface area contributed by atoms with Gasteiger partial charge in [-0.15, -0.1) is 0 Å². The fraction of sp³-hybridized carbons (Fsp3) is 0.571. The van der Waals surface area contributed by atoms with Crippen LogP contribution in [0.15, 0.2) is 29.2 Å². The molecule has 2 N–H and O–H groups in total. The molecule has 1 atom stereocenters. The van der Waals surface area contributed by atoms with Crippen molar-refractivity contribution in [3.63, 3.8) is 0 Å². The molecule has 0 heterocycles. The van der Waals surface area contributed by atoms with Crippen LogP contribution in [0.5, 0.6) is 0 Å². The van der Waals surface area contributed by atoms with Crippen LogP contribution in [0.2, 0.25) is 0 Å². The number of aliphatic hydroxyl groups excluding tert-OH is 1. The van der Waals surface area contributed by atoms with Gasteiger partial charge in [-0.05, 0) is 36.6 Å². The molecule has 0 spiro atoms. The Bertz CT molecular complexity index is 480. The Morgan fingerprint density at radius 1 is 1.21 bits per heavy atom. The molecule has 0 bridgehead atoms. The summed E-state index contributed by atoms with van der Waals surface area (Å²) in [6.45, 7) is 5.95. The maximum absolute atomic E-state index is 11.7. The summed E-state index contributed by atoms with van der Waals surface area (Å²) >= 11 is 0. The van der Waals surface area contributed by atoms with Crippen LogP contribution in [0.4, 0.5) is 5.69 Å². The molecule has 1 unspecified atom stereocenters. The quantitative estimate of drug-likeness (QED) is 0.806. The average Bonchev–Trinajstić information content (AvgIpc) is 2.38. The minimum Gasteiger partial charge on any atom is -0.396 e. The first-order valence-corrected chi connectivity index (χ1v) is 8.26. The third-order valence-electron chi connectivity index (χ3n) is 3.19. The van der Waals surface area contributed by atoms with Gasteiger partial charge in [-0.1, -0.05) is 20.8 Å². The van der Waals surface area contributed by atoms with E-state index in [1.54, 1.807) is 31.2 Å². The normalized spacial score (nSPS) is 13.5. The Morgan fingerprint density at radius 3 is 2.21 bits per heavy atom. The zero-order valence-electron chi connectivity index (χ0n) is 11.8. The van der Waals surface area contributed by atoms with Gasteiger partial charge < -0.3 is 10.4 Å². The van der Waals surface area contributed by atoms with E-state index in [2.05, 4.69) is 19.2 Å². The fourth-order valence-corrected chi connectivity index (χ4v) is 2.73. The van der Waals surface area contributed by atoms with Gasteiger partial charge in [0.05, 0.1) is 10.6 Å². The monoisotopic (exact) mass is 285 g/mol. The van der Waals surface area contributed by atoms with Crippen LogP contribution in [0.1, 0.15) is 27.2 Å². The van der Waals surface area contributed by atoms with Gasteiger partial charge in [0.2, 0.25) is 0 Å². The van der Waals surface area contributed by atoms with Crippen LogP contribution >= 0.6 is 0 Å². The molecular formula is C14H23NO3S. The molecule has 0 fully saturated rings. The van der Waals surface area contributed by atoms with Crippen molar-refractivity contribution in [2.24, 2.45) is 5.92 Å². The van der Waals surface area contributed by atoms with E-state index in [1.165, 1.54) is 0 Å². The maximum atomic E-state index is 11.7. The highest BCUT2D eigenvalue weighted by Gasteiger charge is 2.14. The SMILES string of the molecule is CCS(=O)(=O)c1ccc(NC(CCO)C(C)C)cc1. The Hall–Kier alpha value is -1.07. The zero-order chi connectivity index (χ0) is 14.5. The molecular weight excluding hydrogens is 262 g/mol. The van der Waals surface area contributed by atoms with E-state index >= 15 is 0 Å². The van der Waals surface area contributed by atoms with Gasteiger partial charge in [0, 0.05) is 18.3 Å². The number of nitrogens with one attached hydrogen (secondary N) is 1. The number of benzene rings is 1. The van der Waals surface area contributed by atoms with Crippen LogP contribution in [0, 0.1) is 5.92 Å². The maximum Gasteiger partial charge on any atom is 0.178 e. The van der Waals surface area contributed by atoms with Gasteiger partial charge in [0.25, 0.3) is 0 Å². The number of hydrogen-bond donors (Lipinski definition) is 2. The lowest BCUT2D eigenvalue weighted by Crippen LogP contribution is -2.26. The van der Waals surface area contributed by atoms with Crippen molar-refractivity contribution in [3.8, 4) is 0 Å². The van der Waals surface area contributed by atoms with Crippen molar-refractivity contribution in [3.05, 3.63) is 24.3 Å². The third-order valence-corrected chi connectivity index (χ3v) is 4.94. The Labute approximate surface area is 115 Å². The first kappa shape index (κ1) is 16.0. The van der Waals surface area contributed by atoms with Crippen molar-refractivity contribution in [1.82, 2.24) is 0 Å². The lowest BCUT2D eigenvalue weighted by Gasteiger charge is -2.22. The van der Waals surface area contributed by atoms with Crippen molar-refractivity contribution >= 4 is 15.5 Å². The second kappa shape index (κ2) is 6.91. The van der Waals surface area contributed by atoms with Gasteiger partial charge in [0.15, 0.2) is 9.84 Å². The number of anilines is 1.